The van der Waals surface area contributed by atoms with Crippen LogP contribution >= 0.6 is 15.9 Å². The Hall–Kier alpha value is -2.14. The van der Waals surface area contributed by atoms with Crippen molar-refractivity contribution in [3.8, 4) is 0 Å². The van der Waals surface area contributed by atoms with E-state index in [1.807, 2.05) is 37.3 Å². The standard InChI is InChI=1S/C18H15BrN2O2/c1-10-20-16-7-6-13(8-17(16)23-10)21-18(22)15-9-14(15)11-2-4-12(19)5-3-11/h2-8,14-15H,9H2,1H3,(H,21,22). The third-order valence-electron chi connectivity index (χ3n) is 4.19. The first-order valence-electron chi connectivity index (χ1n) is 7.54. The molecule has 5 heteroatoms. The number of nitrogens with zero attached hydrogens (tertiary/aromatic N) is 1. The second kappa shape index (κ2) is 5.49. The second-order valence-corrected chi connectivity index (χ2v) is 6.82. The number of aromatic nitrogens is 1. The van der Waals surface area contributed by atoms with Gasteiger partial charge >= 0.3 is 0 Å². The van der Waals surface area contributed by atoms with E-state index in [1.54, 1.807) is 0 Å². The molecule has 0 saturated heterocycles. The highest BCUT2D eigenvalue weighted by molar-refractivity contribution is 9.10. The van der Waals surface area contributed by atoms with Gasteiger partial charge in [-0.15, -0.1) is 0 Å². The molecule has 116 valence electrons. The molecule has 1 saturated carbocycles. The Morgan fingerprint density at radius 2 is 2.04 bits per heavy atom. The van der Waals surface area contributed by atoms with Crippen molar-refractivity contribution in [2.24, 2.45) is 5.92 Å². The zero-order valence-corrected chi connectivity index (χ0v) is 14.1. The van der Waals surface area contributed by atoms with Gasteiger partial charge in [-0.2, -0.15) is 0 Å². The lowest BCUT2D eigenvalue weighted by Gasteiger charge is -2.05. The van der Waals surface area contributed by atoms with E-state index in [-0.39, 0.29) is 11.8 Å². The Balaban J connectivity index is 1.46. The lowest BCUT2D eigenvalue weighted by atomic mass is 10.1. The highest BCUT2D eigenvalue weighted by atomic mass is 79.9. The average Bonchev–Trinajstić information content (AvgIpc) is 3.23. The smallest absolute Gasteiger partial charge is 0.228 e. The number of hydrogen-bond acceptors (Lipinski definition) is 3. The molecule has 23 heavy (non-hydrogen) atoms. The van der Waals surface area contributed by atoms with Gasteiger partial charge < -0.3 is 9.73 Å². The molecule has 4 rings (SSSR count). The first-order valence-corrected chi connectivity index (χ1v) is 8.33. The molecule has 0 radical (unpaired) electrons. The first-order chi connectivity index (χ1) is 11.1. The molecule has 0 spiro atoms. The van der Waals surface area contributed by atoms with Crippen LogP contribution in [0.5, 0.6) is 0 Å². The number of carbonyl (C=O) groups excluding carboxylic acids is 1. The molecule has 4 nitrogen and oxygen atoms in total. The van der Waals surface area contributed by atoms with E-state index in [0.717, 1.165) is 22.1 Å². The maximum absolute atomic E-state index is 12.4. The molecule has 1 fully saturated rings. The Morgan fingerprint density at radius 3 is 2.83 bits per heavy atom. The Kier molecular flexibility index (Phi) is 3.45. The summed E-state index contributed by atoms with van der Waals surface area (Å²) in [5, 5.41) is 2.98. The SMILES string of the molecule is Cc1nc2ccc(NC(=O)C3CC3c3ccc(Br)cc3)cc2o1. The van der Waals surface area contributed by atoms with Crippen LogP contribution in [0.4, 0.5) is 5.69 Å². The molecule has 1 aliphatic carbocycles. The number of anilines is 1. The molecular formula is C18H15BrN2O2. The fourth-order valence-corrected chi connectivity index (χ4v) is 3.18. The lowest BCUT2D eigenvalue weighted by Crippen LogP contribution is -2.14. The molecule has 1 amide bonds. The number of benzene rings is 2. The average molecular weight is 371 g/mol. The number of oxazole rings is 1. The topological polar surface area (TPSA) is 55.1 Å². The predicted molar refractivity (Wildman–Crippen MR) is 92.4 cm³/mol. The number of fused-ring (bicyclic) bond motifs is 1. The number of aryl methyl sites for hydroxylation is 1. The molecule has 3 aromatic rings. The second-order valence-electron chi connectivity index (χ2n) is 5.90. The van der Waals surface area contributed by atoms with Gasteiger partial charge in [0.15, 0.2) is 11.5 Å². The van der Waals surface area contributed by atoms with E-state index in [4.69, 9.17) is 4.42 Å². The molecule has 2 unspecified atom stereocenters. The van der Waals surface area contributed by atoms with Gasteiger partial charge in [0.05, 0.1) is 0 Å². The maximum Gasteiger partial charge on any atom is 0.228 e. The summed E-state index contributed by atoms with van der Waals surface area (Å²) in [5.41, 5.74) is 3.47. The van der Waals surface area contributed by atoms with Gasteiger partial charge in [0, 0.05) is 29.1 Å². The van der Waals surface area contributed by atoms with Crippen LogP contribution in [-0.2, 0) is 4.79 Å². The fraction of sp³-hybridized carbons (Fsp3) is 0.222. The highest BCUT2D eigenvalue weighted by Gasteiger charge is 2.43. The minimum absolute atomic E-state index is 0.0448. The third-order valence-corrected chi connectivity index (χ3v) is 4.72. The van der Waals surface area contributed by atoms with Crippen LogP contribution in [0, 0.1) is 12.8 Å². The van der Waals surface area contributed by atoms with Gasteiger partial charge in [-0.25, -0.2) is 4.98 Å². The van der Waals surface area contributed by atoms with E-state index in [1.165, 1.54) is 5.56 Å². The van der Waals surface area contributed by atoms with Gasteiger partial charge in [-0.05, 0) is 42.2 Å². The molecule has 2 atom stereocenters. The van der Waals surface area contributed by atoms with E-state index < -0.39 is 0 Å². The lowest BCUT2D eigenvalue weighted by molar-refractivity contribution is -0.117. The van der Waals surface area contributed by atoms with Gasteiger partial charge in [0.1, 0.15) is 5.52 Å². The van der Waals surface area contributed by atoms with Gasteiger partial charge in [0.25, 0.3) is 0 Å². The Labute approximate surface area is 142 Å². The third kappa shape index (κ3) is 2.88. The monoisotopic (exact) mass is 370 g/mol. The van der Waals surface area contributed by atoms with Crippen LogP contribution in [0.2, 0.25) is 0 Å². The minimum atomic E-state index is 0.0448. The number of halogens is 1. The normalized spacial score (nSPS) is 19.7. The van der Waals surface area contributed by atoms with E-state index in [9.17, 15) is 4.79 Å². The van der Waals surface area contributed by atoms with Gasteiger partial charge in [-0.3, -0.25) is 4.79 Å². The first kappa shape index (κ1) is 14.5. The summed E-state index contributed by atoms with van der Waals surface area (Å²) >= 11 is 3.43. The summed E-state index contributed by atoms with van der Waals surface area (Å²) in [6.45, 7) is 1.81. The molecule has 1 heterocycles. The molecule has 2 aromatic carbocycles. The van der Waals surface area contributed by atoms with Crippen LogP contribution in [0.25, 0.3) is 11.1 Å². The van der Waals surface area contributed by atoms with Crippen molar-refractivity contribution in [2.45, 2.75) is 19.3 Å². The van der Waals surface area contributed by atoms with Crippen LogP contribution < -0.4 is 5.32 Å². The van der Waals surface area contributed by atoms with Crippen LogP contribution in [-0.4, -0.2) is 10.9 Å². The molecule has 1 N–H and O–H groups in total. The highest BCUT2D eigenvalue weighted by Crippen LogP contribution is 2.48. The number of amides is 1. The van der Waals surface area contributed by atoms with Crippen molar-refractivity contribution in [1.82, 2.24) is 4.98 Å². The van der Waals surface area contributed by atoms with Crippen LogP contribution in [0.15, 0.2) is 51.4 Å². The number of hydrogen-bond donors (Lipinski definition) is 1. The maximum atomic E-state index is 12.4. The minimum Gasteiger partial charge on any atom is -0.441 e. The Bertz CT molecular complexity index is 886. The van der Waals surface area contributed by atoms with Gasteiger partial charge in [0.2, 0.25) is 5.91 Å². The Morgan fingerprint density at radius 1 is 1.26 bits per heavy atom. The number of nitrogens with one attached hydrogen (secondary N) is 1. The van der Waals surface area contributed by atoms with Crippen LogP contribution in [0.3, 0.4) is 0 Å². The van der Waals surface area contributed by atoms with Gasteiger partial charge in [-0.1, -0.05) is 28.1 Å². The molecule has 0 aliphatic heterocycles. The van der Waals surface area contributed by atoms with Crippen molar-refractivity contribution in [1.29, 1.82) is 0 Å². The molecular weight excluding hydrogens is 356 g/mol. The summed E-state index contributed by atoms with van der Waals surface area (Å²) in [6, 6.07) is 13.7. The van der Waals surface area contributed by atoms with E-state index >= 15 is 0 Å². The summed E-state index contributed by atoms with van der Waals surface area (Å²) in [5.74, 6) is 1.05. The quantitative estimate of drug-likeness (QED) is 0.730. The fourth-order valence-electron chi connectivity index (χ4n) is 2.92. The predicted octanol–water partition coefficient (Wildman–Crippen LogP) is 4.64. The molecule has 1 aliphatic rings. The van der Waals surface area contributed by atoms with Crippen molar-refractivity contribution in [3.63, 3.8) is 0 Å². The van der Waals surface area contributed by atoms with Crippen molar-refractivity contribution in [2.75, 3.05) is 5.32 Å². The van der Waals surface area contributed by atoms with E-state index in [2.05, 4.69) is 38.4 Å². The summed E-state index contributed by atoms with van der Waals surface area (Å²) < 4.78 is 6.56. The summed E-state index contributed by atoms with van der Waals surface area (Å²) in [7, 11) is 0. The molecule has 0 bridgehead atoms. The molecule has 1 aromatic heterocycles. The van der Waals surface area contributed by atoms with Crippen molar-refractivity contribution >= 4 is 38.6 Å². The van der Waals surface area contributed by atoms with Crippen molar-refractivity contribution < 1.29 is 9.21 Å². The van der Waals surface area contributed by atoms with E-state index in [0.29, 0.717) is 17.4 Å². The van der Waals surface area contributed by atoms with Crippen molar-refractivity contribution in [3.05, 3.63) is 58.4 Å². The zero-order chi connectivity index (χ0) is 16.0. The zero-order valence-electron chi connectivity index (χ0n) is 12.5. The summed E-state index contributed by atoms with van der Waals surface area (Å²) in [4.78, 5) is 16.7. The number of carbonyl (C=O) groups is 1. The summed E-state index contributed by atoms with van der Waals surface area (Å²) in [6.07, 6.45) is 0.900. The largest absolute Gasteiger partial charge is 0.441 e. The number of rotatable bonds is 3. The van der Waals surface area contributed by atoms with Crippen LogP contribution in [0.1, 0.15) is 23.8 Å².